The predicted molar refractivity (Wildman–Crippen MR) is 85.4 cm³/mol. The minimum Gasteiger partial charge on any atom is -0.395 e. The fourth-order valence-corrected chi connectivity index (χ4v) is 2.36. The van der Waals surface area contributed by atoms with Gasteiger partial charge >= 0.3 is 0 Å². The molecule has 0 bridgehead atoms. The lowest BCUT2D eigenvalue weighted by Crippen LogP contribution is -2.34. The predicted octanol–water partition coefficient (Wildman–Crippen LogP) is 1.18. The highest BCUT2D eigenvalue weighted by Gasteiger charge is 2.11. The zero-order valence-electron chi connectivity index (χ0n) is 13.0. The maximum atomic E-state index is 9.53. The Labute approximate surface area is 126 Å². The molecule has 0 aliphatic rings. The Hall–Kier alpha value is -1.85. The molecule has 0 aliphatic carbocycles. The lowest BCUT2D eigenvalue weighted by Gasteiger charge is -2.17. The Kier molecular flexibility index (Phi) is 5.36. The molecule has 0 amide bonds. The summed E-state index contributed by atoms with van der Waals surface area (Å²) < 4.78 is 2.06. The molecule has 2 aromatic rings. The number of anilines is 1. The van der Waals surface area contributed by atoms with Gasteiger partial charge in [-0.1, -0.05) is 30.3 Å². The van der Waals surface area contributed by atoms with Gasteiger partial charge in [-0.15, -0.1) is 0 Å². The standard InChI is InChI=1S/C16H24N4O/c1-19(2)16-18-11-15(20(16)3)10-17-14(12-21)9-13-7-5-4-6-8-13/h4-8,11,14,17,21H,9-10,12H2,1-3H3/t14-/m0/s1. The van der Waals surface area contributed by atoms with E-state index in [2.05, 4.69) is 27.0 Å². The van der Waals surface area contributed by atoms with E-state index in [9.17, 15) is 5.11 Å². The van der Waals surface area contributed by atoms with Crippen LogP contribution in [0.5, 0.6) is 0 Å². The second-order valence-corrected chi connectivity index (χ2v) is 5.45. The van der Waals surface area contributed by atoms with Gasteiger partial charge in [0.2, 0.25) is 5.95 Å². The van der Waals surface area contributed by atoms with Crippen molar-refractivity contribution in [3.8, 4) is 0 Å². The molecule has 5 heteroatoms. The van der Waals surface area contributed by atoms with Gasteiger partial charge in [0.15, 0.2) is 0 Å². The first kappa shape index (κ1) is 15.5. The maximum Gasteiger partial charge on any atom is 0.204 e. The van der Waals surface area contributed by atoms with Crippen molar-refractivity contribution in [1.29, 1.82) is 0 Å². The molecule has 114 valence electrons. The molecule has 0 saturated heterocycles. The normalized spacial score (nSPS) is 12.4. The summed E-state index contributed by atoms with van der Waals surface area (Å²) >= 11 is 0. The first-order valence-corrected chi connectivity index (χ1v) is 7.18. The van der Waals surface area contributed by atoms with Crippen LogP contribution in [0.15, 0.2) is 36.5 Å². The summed E-state index contributed by atoms with van der Waals surface area (Å²) in [7, 11) is 5.96. The van der Waals surface area contributed by atoms with Gasteiger partial charge in [0, 0.05) is 33.7 Å². The number of imidazole rings is 1. The molecule has 0 saturated carbocycles. The van der Waals surface area contributed by atoms with Gasteiger partial charge < -0.3 is 19.9 Å². The highest BCUT2D eigenvalue weighted by atomic mass is 16.3. The van der Waals surface area contributed by atoms with Gasteiger partial charge in [0.05, 0.1) is 18.5 Å². The third-order valence-electron chi connectivity index (χ3n) is 3.58. The van der Waals surface area contributed by atoms with Crippen LogP contribution in [0, 0.1) is 0 Å². The third-order valence-corrected chi connectivity index (χ3v) is 3.58. The Morgan fingerprint density at radius 3 is 2.57 bits per heavy atom. The first-order chi connectivity index (χ1) is 10.1. The van der Waals surface area contributed by atoms with Gasteiger partial charge in [-0.3, -0.25) is 0 Å². The van der Waals surface area contributed by atoms with Crippen molar-refractivity contribution in [1.82, 2.24) is 14.9 Å². The SMILES string of the molecule is CN(C)c1ncc(CN[C@H](CO)Cc2ccccc2)n1C. The number of benzene rings is 1. The van der Waals surface area contributed by atoms with E-state index in [1.54, 1.807) is 0 Å². The van der Waals surface area contributed by atoms with E-state index >= 15 is 0 Å². The number of aliphatic hydroxyl groups is 1. The zero-order chi connectivity index (χ0) is 15.2. The first-order valence-electron chi connectivity index (χ1n) is 7.18. The minimum absolute atomic E-state index is 0.0464. The number of aliphatic hydroxyl groups excluding tert-OH is 1. The van der Waals surface area contributed by atoms with E-state index in [-0.39, 0.29) is 12.6 Å². The monoisotopic (exact) mass is 288 g/mol. The fraction of sp³-hybridized carbons (Fsp3) is 0.438. The van der Waals surface area contributed by atoms with E-state index in [1.165, 1.54) is 5.56 Å². The van der Waals surface area contributed by atoms with Gasteiger partial charge in [0.1, 0.15) is 0 Å². The summed E-state index contributed by atoms with van der Waals surface area (Å²) in [5, 5.41) is 12.9. The highest BCUT2D eigenvalue weighted by Crippen LogP contribution is 2.11. The van der Waals surface area contributed by atoms with Crippen molar-refractivity contribution >= 4 is 5.95 Å². The van der Waals surface area contributed by atoms with Crippen molar-refractivity contribution in [2.75, 3.05) is 25.6 Å². The molecule has 0 radical (unpaired) electrons. The van der Waals surface area contributed by atoms with Gasteiger partial charge in [-0.05, 0) is 12.0 Å². The fourth-order valence-electron chi connectivity index (χ4n) is 2.36. The zero-order valence-corrected chi connectivity index (χ0v) is 13.0. The molecular formula is C16H24N4O. The average molecular weight is 288 g/mol. The van der Waals surface area contributed by atoms with Crippen molar-refractivity contribution in [2.24, 2.45) is 7.05 Å². The number of nitrogens with one attached hydrogen (secondary N) is 1. The Bertz CT molecular complexity index is 551. The number of hydrogen-bond donors (Lipinski definition) is 2. The van der Waals surface area contributed by atoms with Crippen molar-refractivity contribution < 1.29 is 5.11 Å². The molecule has 1 atom stereocenters. The van der Waals surface area contributed by atoms with Gasteiger partial charge in [-0.25, -0.2) is 4.98 Å². The minimum atomic E-state index is 0.0464. The number of nitrogens with zero attached hydrogens (tertiary/aromatic N) is 3. The van der Waals surface area contributed by atoms with Gasteiger partial charge in [0.25, 0.3) is 0 Å². The summed E-state index contributed by atoms with van der Waals surface area (Å²) in [5.74, 6) is 0.926. The third kappa shape index (κ3) is 4.06. The largest absolute Gasteiger partial charge is 0.395 e. The molecule has 1 aromatic heterocycles. The molecule has 0 fully saturated rings. The van der Waals surface area contributed by atoms with Crippen LogP contribution >= 0.6 is 0 Å². The average Bonchev–Trinajstić information content (AvgIpc) is 2.86. The summed E-state index contributed by atoms with van der Waals surface area (Å²) in [6.45, 7) is 0.808. The summed E-state index contributed by atoms with van der Waals surface area (Å²) in [6, 6.07) is 10.3. The van der Waals surface area contributed by atoms with Crippen molar-refractivity contribution in [3.05, 3.63) is 47.8 Å². The van der Waals surface area contributed by atoms with Gasteiger partial charge in [-0.2, -0.15) is 0 Å². The van der Waals surface area contributed by atoms with Crippen LogP contribution in [0.1, 0.15) is 11.3 Å². The van der Waals surface area contributed by atoms with Crippen LogP contribution in [0.25, 0.3) is 0 Å². The van der Waals surface area contributed by atoms with Crippen LogP contribution < -0.4 is 10.2 Å². The van der Waals surface area contributed by atoms with E-state index in [0.717, 1.165) is 18.1 Å². The Balaban J connectivity index is 1.94. The lowest BCUT2D eigenvalue weighted by molar-refractivity contribution is 0.240. The number of hydrogen-bond acceptors (Lipinski definition) is 4. The topological polar surface area (TPSA) is 53.3 Å². The second-order valence-electron chi connectivity index (χ2n) is 5.45. The van der Waals surface area contributed by atoms with Crippen molar-refractivity contribution in [3.63, 3.8) is 0 Å². The molecule has 2 rings (SSSR count). The number of aromatic nitrogens is 2. The van der Waals surface area contributed by atoms with E-state index in [1.807, 2.05) is 50.4 Å². The maximum absolute atomic E-state index is 9.53. The molecule has 0 aliphatic heterocycles. The number of rotatable bonds is 7. The molecule has 21 heavy (non-hydrogen) atoms. The smallest absolute Gasteiger partial charge is 0.204 e. The molecule has 0 spiro atoms. The van der Waals surface area contributed by atoms with E-state index in [0.29, 0.717) is 6.54 Å². The van der Waals surface area contributed by atoms with Crippen LogP contribution in [0.4, 0.5) is 5.95 Å². The quantitative estimate of drug-likeness (QED) is 0.803. The van der Waals surface area contributed by atoms with Crippen LogP contribution in [0.3, 0.4) is 0 Å². The van der Waals surface area contributed by atoms with Crippen LogP contribution in [0.2, 0.25) is 0 Å². The lowest BCUT2D eigenvalue weighted by atomic mass is 10.1. The Morgan fingerprint density at radius 2 is 2.00 bits per heavy atom. The molecule has 1 aromatic carbocycles. The van der Waals surface area contributed by atoms with Crippen LogP contribution in [-0.4, -0.2) is 41.4 Å². The van der Waals surface area contributed by atoms with Crippen molar-refractivity contribution in [2.45, 2.75) is 19.0 Å². The second kappa shape index (κ2) is 7.24. The summed E-state index contributed by atoms with van der Waals surface area (Å²) in [6.07, 6.45) is 2.69. The summed E-state index contributed by atoms with van der Waals surface area (Å²) in [5.41, 5.74) is 2.33. The Morgan fingerprint density at radius 1 is 1.29 bits per heavy atom. The van der Waals surface area contributed by atoms with E-state index in [4.69, 9.17) is 0 Å². The molecule has 2 N–H and O–H groups in total. The van der Waals surface area contributed by atoms with Crippen LogP contribution in [-0.2, 0) is 20.0 Å². The van der Waals surface area contributed by atoms with E-state index < -0.39 is 0 Å². The molecular weight excluding hydrogens is 264 g/mol. The highest BCUT2D eigenvalue weighted by molar-refractivity contribution is 5.31. The molecule has 1 heterocycles. The summed E-state index contributed by atoms with van der Waals surface area (Å²) in [4.78, 5) is 6.37. The molecule has 5 nitrogen and oxygen atoms in total. The molecule has 0 unspecified atom stereocenters.